The van der Waals surface area contributed by atoms with Crippen LogP contribution in [0.15, 0.2) is 11.0 Å². The normalized spacial score (nSPS) is 22.9. The molecule has 1 saturated heterocycles. The third-order valence-corrected chi connectivity index (χ3v) is 4.27. The molecule has 134 valence electrons. The first-order valence-electron chi connectivity index (χ1n) is 8.38. The summed E-state index contributed by atoms with van der Waals surface area (Å²) in [6.07, 6.45) is 2.76. The SMILES string of the molecule is CCCCC#Cc1cn(C2CC(O)[C@@H](CO)O2)c2nc(N)[nH]c(=O)c12. The number of nitrogen functional groups attached to an aromatic ring is 1. The maximum atomic E-state index is 12.3. The van der Waals surface area contributed by atoms with Gasteiger partial charge in [0.15, 0.2) is 5.65 Å². The fraction of sp³-hybridized carbons (Fsp3) is 0.529. The molecule has 2 aromatic heterocycles. The molecule has 3 rings (SSSR count). The van der Waals surface area contributed by atoms with Crippen LogP contribution in [0, 0.1) is 11.8 Å². The van der Waals surface area contributed by atoms with Gasteiger partial charge in [0.1, 0.15) is 12.3 Å². The summed E-state index contributed by atoms with van der Waals surface area (Å²) in [5.41, 5.74) is 6.22. The zero-order valence-corrected chi connectivity index (χ0v) is 14.0. The Morgan fingerprint density at radius 1 is 1.56 bits per heavy atom. The average Bonchev–Trinajstić information content (AvgIpc) is 3.12. The predicted molar refractivity (Wildman–Crippen MR) is 92.8 cm³/mol. The summed E-state index contributed by atoms with van der Waals surface area (Å²) >= 11 is 0. The standard InChI is InChI=1S/C17H22N4O4/c1-2-3-4-5-6-10-8-21(13-7-11(23)12(9-22)25-13)15-14(10)16(24)20-17(18)19-15/h8,11-13,22-23H,2-4,7,9H2,1H3,(H3,18,19,20,24)/t11?,12-,13?/m1/s1. The van der Waals surface area contributed by atoms with E-state index in [4.69, 9.17) is 10.5 Å². The van der Waals surface area contributed by atoms with E-state index in [0.29, 0.717) is 16.6 Å². The number of aromatic amines is 1. The Bertz CT molecular complexity index is 876. The molecule has 0 radical (unpaired) electrons. The zero-order chi connectivity index (χ0) is 18.0. The monoisotopic (exact) mass is 346 g/mol. The summed E-state index contributed by atoms with van der Waals surface area (Å²) < 4.78 is 7.33. The van der Waals surface area contributed by atoms with Crippen molar-refractivity contribution < 1.29 is 14.9 Å². The minimum absolute atomic E-state index is 0.000374. The molecule has 1 aliphatic heterocycles. The van der Waals surface area contributed by atoms with Crippen LogP contribution in [-0.4, -0.2) is 43.6 Å². The Morgan fingerprint density at radius 3 is 3.04 bits per heavy atom. The third-order valence-electron chi connectivity index (χ3n) is 4.27. The molecule has 8 nitrogen and oxygen atoms in total. The van der Waals surface area contributed by atoms with Gasteiger partial charge in [-0.1, -0.05) is 25.2 Å². The van der Waals surface area contributed by atoms with Gasteiger partial charge in [-0.05, 0) is 6.42 Å². The summed E-state index contributed by atoms with van der Waals surface area (Å²) in [5, 5.41) is 19.6. The molecule has 0 bridgehead atoms. The van der Waals surface area contributed by atoms with Crippen molar-refractivity contribution in [1.29, 1.82) is 0 Å². The fourth-order valence-corrected chi connectivity index (χ4v) is 2.96. The number of anilines is 1. The predicted octanol–water partition coefficient (Wildman–Crippen LogP) is 0.489. The van der Waals surface area contributed by atoms with E-state index in [9.17, 15) is 15.0 Å². The lowest BCUT2D eigenvalue weighted by Crippen LogP contribution is -2.24. The largest absolute Gasteiger partial charge is 0.394 e. The van der Waals surface area contributed by atoms with Crippen molar-refractivity contribution in [2.75, 3.05) is 12.3 Å². The van der Waals surface area contributed by atoms with Crippen molar-refractivity contribution in [3.8, 4) is 11.8 Å². The number of nitrogens with two attached hydrogens (primary N) is 1. The average molecular weight is 346 g/mol. The molecule has 0 amide bonds. The van der Waals surface area contributed by atoms with Gasteiger partial charge >= 0.3 is 0 Å². The molecule has 25 heavy (non-hydrogen) atoms. The van der Waals surface area contributed by atoms with E-state index < -0.39 is 18.4 Å². The number of aliphatic hydroxyl groups excluding tert-OH is 2. The van der Waals surface area contributed by atoms with Crippen molar-refractivity contribution in [3.05, 3.63) is 22.1 Å². The highest BCUT2D eigenvalue weighted by molar-refractivity contribution is 5.83. The molecule has 3 atom stereocenters. The van der Waals surface area contributed by atoms with Gasteiger partial charge in [0.2, 0.25) is 5.95 Å². The van der Waals surface area contributed by atoms with Gasteiger partial charge in [-0.2, -0.15) is 4.98 Å². The first kappa shape index (κ1) is 17.5. The molecule has 0 saturated carbocycles. The number of nitrogens with zero attached hydrogens (tertiary/aromatic N) is 2. The van der Waals surface area contributed by atoms with E-state index in [0.717, 1.165) is 19.3 Å². The molecule has 0 spiro atoms. The van der Waals surface area contributed by atoms with Gasteiger partial charge in [-0.25, -0.2) is 0 Å². The number of aromatic nitrogens is 3. The second-order valence-electron chi connectivity index (χ2n) is 6.12. The van der Waals surface area contributed by atoms with Crippen LogP contribution in [0.5, 0.6) is 0 Å². The Balaban J connectivity index is 2.06. The number of rotatable bonds is 4. The molecule has 2 unspecified atom stereocenters. The topological polar surface area (TPSA) is 126 Å². The molecule has 0 aromatic carbocycles. The lowest BCUT2D eigenvalue weighted by atomic mass is 10.2. The van der Waals surface area contributed by atoms with Crippen molar-refractivity contribution >= 4 is 17.0 Å². The quantitative estimate of drug-likeness (QED) is 0.471. The van der Waals surface area contributed by atoms with E-state index in [1.807, 2.05) is 0 Å². The van der Waals surface area contributed by atoms with E-state index in [1.54, 1.807) is 10.8 Å². The smallest absolute Gasteiger partial charge is 0.263 e. The number of hydrogen-bond acceptors (Lipinski definition) is 6. The van der Waals surface area contributed by atoms with Gasteiger partial charge in [-0.15, -0.1) is 0 Å². The number of ether oxygens (including phenoxy) is 1. The number of fused-ring (bicyclic) bond motifs is 1. The molecule has 2 aromatic rings. The molecule has 1 fully saturated rings. The molecular weight excluding hydrogens is 324 g/mol. The summed E-state index contributed by atoms with van der Waals surface area (Å²) in [6, 6.07) is 0. The van der Waals surface area contributed by atoms with Crippen LogP contribution in [0.25, 0.3) is 11.0 Å². The van der Waals surface area contributed by atoms with Gasteiger partial charge in [0.25, 0.3) is 5.56 Å². The van der Waals surface area contributed by atoms with Gasteiger partial charge in [0, 0.05) is 19.0 Å². The molecular formula is C17H22N4O4. The maximum Gasteiger partial charge on any atom is 0.263 e. The Morgan fingerprint density at radius 2 is 2.36 bits per heavy atom. The number of H-pyrrole nitrogens is 1. The number of hydrogen-bond donors (Lipinski definition) is 4. The molecule has 3 heterocycles. The van der Waals surface area contributed by atoms with Crippen molar-refractivity contribution in [2.45, 2.75) is 51.0 Å². The molecule has 0 aliphatic carbocycles. The van der Waals surface area contributed by atoms with E-state index in [1.165, 1.54) is 0 Å². The molecule has 1 aliphatic rings. The lowest BCUT2D eigenvalue weighted by molar-refractivity contribution is -0.0430. The van der Waals surface area contributed by atoms with E-state index >= 15 is 0 Å². The van der Waals surface area contributed by atoms with Crippen molar-refractivity contribution in [3.63, 3.8) is 0 Å². The van der Waals surface area contributed by atoms with Gasteiger partial charge in [0.05, 0.1) is 23.7 Å². The van der Waals surface area contributed by atoms with Crippen LogP contribution in [0.3, 0.4) is 0 Å². The van der Waals surface area contributed by atoms with Crippen LogP contribution >= 0.6 is 0 Å². The van der Waals surface area contributed by atoms with Crippen LogP contribution < -0.4 is 11.3 Å². The zero-order valence-electron chi connectivity index (χ0n) is 14.0. The Kier molecular flexibility index (Phi) is 5.08. The maximum absolute atomic E-state index is 12.3. The summed E-state index contributed by atoms with van der Waals surface area (Å²) in [6.45, 7) is 1.81. The first-order valence-corrected chi connectivity index (χ1v) is 8.38. The number of aliphatic hydroxyl groups is 2. The first-order chi connectivity index (χ1) is 12.0. The van der Waals surface area contributed by atoms with Crippen molar-refractivity contribution in [2.24, 2.45) is 0 Å². The summed E-state index contributed by atoms with van der Waals surface area (Å²) in [5.74, 6) is 6.09. The second kappa shape index (κ2) is 7.27. The van der Waals surface area contributed by atoms with Crippen LogP contribution in [-0.2, 0) is 4.74 Å². The Hall–Kier alpha value is -2.34. The highest BCUT2D eigenvalue weighted by Crippen LogP contribution is 2.32. The second-order valence-corrected chi connectivity index (χ2v) is 6.12. The minimum Gasteiger partial charge on any atom is -0.394 e. The summed E-state index contributed by atoms with van der Waals surface area (Å²) in [7, 11) is 0. The molecule has 8 heteroatoms. The third kappa shape index (κ3) is 3.39. The van der Waals surface area contributed by atoms with E-state index in [2.05, 4.69) is 28.7 Å². The van der Waals surface area contributed by atoms with Gasteiger partial charge < -0.3 is 25.3 Å². The lowest BCUT2D eigenvalue weighted by Gasteiger charge is -2.14. The van der Waals surface area contributed by atoms with Crippen molar-refractivity contribution in [1.82, 2.24) is 14.5 Å². The molecule has 5 N–H and O–H groups in total. The fourth-order valence-electron chi connectivity index (χ4n) is 2.96. The van der Waals surface area contributed by atoms with E-state index in [-0.39, 0.29) is 24.5 Å². The van der Waals surface area contributed by atoms with Crippen LogP contribution in [0.4, 0.5) is 5.95 Å². The van der Waals surface area contributed by atoms with Crippen LogP contribution in [0.1, 0.15) is 44.4 Å². The summed E-state index contributed by atoms with van der Waals surface area (Å²) in [4.78, 5) is 19.0. The van der Waals surface area contributed by atoms with Gasteiger partial charge in [-0.3, -0.25) is 9.78 Å². The highest BCUT2D eigenvalue weighted by atomic mass is 16.5. The number of nitrogens with one attached hydrogen (secondary N) is 1. The Labute approximate surface area is 144 Å². The number of unbranched alkanes of at least 4 members (excludes halogenated alkanes) is 2. The highest BCUT2D eigenvalue weighted by Gasteiger charge is 2.35. The minimum atomic E-state index is -0.786. The van der Waals surface area contributed by atoms with Crippen LogP contribution in [0.2, 0.25) is 0 Å².